The van der Waals surface area contributed by atoms with Gasteiger partial charge in [-0.1, -0.05) is 18.5 Å². The predicted octanol–water partition coefficient (Wildman–Crippen LogP) is 3.12. The van der Waals surface area contributed by atoms with Gasteiger partial charge in [0, 0.05) is 23.4 Å². The Kier molecular flexibility index (Phi) is 6.11. The number of amides is 1. The Morgan fingerprint density at radius 2 is 2.26 bits per heavy atom. The van der Waals surface area contributed by atoms with E-state index in [1.807, 2.05) is 13.2 Å². The van der Waals surface area contributed by atoms with E-state index < -0.39 is 4.92 Å². The molecule has 1 N–H and O–H groups in total. The number of nitro groups is 1. The molecule has 1 aromatic carbocycles. The monoisotopic (exact) mass is 302 g/mol. The van der Waals surface area contributed by atoms with Gasteiger partial charge in [0.2, 0.25) is 0 Å². The normalized spacial score (nSPS) is 11.9. The van der Waals surface area contributed by atoms with Gasteiger partial charge < -0.3 is 5.32 Å². The molecule has 19 heavy (non-hydrogen) atoms. The van der Waals surface area contributed by atoms with Crippen LogP contribution in [0.3, 0.4) is 0 Å². The molecule has 0 radical (unpaired) electrons. The smallest absolute Gasteiger partial charge is 0.287 e. The molecule has 1 atom stereocenters. The number of rotatable bonds is 6. The van der Waals surface area contributed by atoms with Crippen LogP contribution in [0.25, 0.3) is 0 Å². The molecule has 104 valence electrons. The highest BCUT2D eigenvalue weighted by molar-refractivity contribution is 7.98. The Labute approximate surface area is 120 Å². The molecule has 0 saturated heterocycles. The molecule has 0 heterocycles. The van der Waals surface area contributed by atoms with Crippen LogP contribution in [0.2, 0.25) is 5.02 Å². The molecule has 1 rings (SSSR count). The van der Waals surface area contributed by atoms with E-state index >= 15 is 0 Å². The molecule has 1 amide bonds. The Bertz CT molecular complexity index is 482. The summed E-state index contributed by atoms with van der Waals surface area (Å²) in [6, 6.07) is 4.05. The lowest BCUT2D eigenvalue weighted by atomic mass is 10.1. The Hall–Kier alpha value is -1.27. The summed E-state index contributed by atoms with van der Waals surface area (Å²) in [5, 5.41) is 13.5. The number of thioether (sulfide) groups is 1. The maximum absolute atomic E-state index is 12.0. The molecule has 0 aliphatic rings. The second-order valence-corrected chi connectivity index (χ2v) is 5.28. The summed E-state index contributed by atoms with van der Waals surface area (Å²) in [5.74, 6) is 0.556. The molecule has 1 aromatic rings. The summed E-state index contributed by atoms with van der Waals surface area (Å²) in [6.07, 6.45) is 2.80. The van der Waals surface area contributed by atoms with Crippen molar-refractivity contribution in [2.24, 2.45) is 0 Å². The second kappa shape index (κ2) is 7.35. The van der Waals surface area contributed by atoms with Crippen molar-refractivity contribution in [1.82, 2.24) is 5.32 Å². The molecule has 0 spiro atoms. The highest BCUT2D eigenvalue weighted by atomic mass is 35.5. The van der Waals surface area contributed by atoms with Gasteiger partial charge >= 0.3 is 0 Å². The van der Waals surface area contributed by atoms with Crippen LogP contribution >= 0.6 is 23.4 Å². The minimum Gasteiger partial charge on any atom is -0.348 e. The minimum absolute atomic E-state index is 0.0319. The van der Waals surface area contributed by atoms with Crippen LogP contribution in [0.1, 0.15) is 23.7 Å². The van der Waals surface area contributed by atoms with Crippen molar-refractivity contribution >= 4 is 35.0 Å². The van der Waals surface area contributed by atoms with E-state index in [1.54, 1.807) is 11.8 Å². The van der Waals surface area contributed by atoms with Crippen LogP contribution in [-0.2, 0) is 0 Å². The SMILES string of the molecule is CCC(CSC)NC(=O)c1ccc([N+](=O)[O-])c(Cl)c1. The van der Waals surface area contributed by atoms with Crippen molar-refractivity contribution in [1.29, 1.82) is 0 Å². The first-order valence-electron chi connectivity index (χ1n) is 5.73. The summed E-state index contributed by atoms with van der Waals surface area (Å²) in [5.41, 5.74) is 0.129. The van der Waals surface area contributed by atoms with Crippen molar-refractivity contribution in [3.05, 3.63) is 38.9 Å². The maximum atomic E-state index is 12.0. The fourth-order valence-electron chi connectivity index (χ4n) is 1.53. The Morgan fingerprint density at radius 1 is 1.58 bits per heavy atom. The summed E-state index contributed by atoms with van der Waals surface area (Å²) < 4.78 is 0. The lowest BCUT2D eigenvalue weighted by Crippen LogP contribution is -2.36. The molecule has 0 aliphatic carbocycles. The van der Waals surface area contributed by atoms with Gasteiger partial charge in [0.15, 0.2) is 0 Å². The number of halogens is 1. The zero-order valence-corrected chi connectivity index (χ0v) is 12.3. The molecule has 0 bridgehead atoms. The van der Waals surface area contributed by atoms with Gasteiger partial charge in [0.1, 0.15) is 5.02 Å². The van der Waals surface area contributed by atoms with E-state index in [4.69, 9.17) is 11.6 Å². The maximum Gasteiger partial charge on any atom is 0.287 e. The fraction of sp³-hybridized carbons (Fsp3) is 0.417. The quantitative estimate of drug-likeness (QED) is 0.647. The van der Waals surface area contributed by atoms with E-state index in [9.17, 15) is 14.9 Å². The van der Waals surface area contributed by atoms with E-state index in [0.717, 1.165) is 12.2 Å². The third-order valence-corrected chi connectivity index (χ3v) is 3.64. The van der Waals surface area contributed by atoms with Crippen LogP contribution in [0.4, 0.5) is 5.69 Å². The van der Waals surface area contributed by atoms with E-state index in [0.29, 0.717) is 5.56 Å². The highest BCUT2D eigenvalue weighted by Crippen LogP contribution is 2.25. The number of carbonyl (C=O) groups excluding carboxylic acids is 1. The lowest BCUT2D eigenvalue weighted by Gasteiger charge is -2.15. The fourth-order valence-corrected chi connectivity index (χ4v) is 2.50. The predicted molar refractivity (Wildman–Crippen MR) is 78.0 cm³/mol. The molecule has 0 fully saturated rings. The number of nitrogens with one attached hydrogen (secondary N) is 1. The third kappa shape index (κ3) is 4.40. The molecular weight excluding hydrogens is 288 g/mol. The van der Waals surface area contributed by atoms with Crippen molar-refractivity contribution in [3.63, 3.8) is 0 Å². The van der Waals surface area contributed by atoms with Gasteiger partial charge in [-0.3, -0.25) is 14.9 Å². The number of carbonyl (C=O) groups is 1. The number of nitro benzene ring substituents is 1. The van der Waals surface area contributed by atoms with Gasteiger partial charge in [0.05, 0.1) is 4.92 Å². The molecular formula is C12H15ClN2O3S. The zero-order chi connectivity index (χ0) is 14.4. The molecule has 0 aliphatic heterocycles. The number of hydrogen-bond donors (Lipinski definition) is 1. The van der Waals surface area contributed by atoms with Gasteiger partial charge in [-0.15, -0.1) is 0 Å². The van der Waals surface area contributed by atoms with Crippen molar-refractivity contribution in [2.45, 2.75) is 19.4 Å². The van der Waals surface area contributed by atoms with Crippen molar-refractivity contribution in [2.75, 3.05) is 12.0 Å². The van der Waals surface area contributed by atoms with E-state index in [1.165, 1.54) is 18.2 Å². The van der Waals surface area contributed by atoms with E-state index in [-0.39, 0.29) is 22.7 Å². The summed E-state index contributed by atoms with van der Waals surface area (Å²) in [6.45, 7) is 1.99. The molecule has 0 aromatic heterocycles. The van der Waals surface area contributed by atoms with Gasteiger partial charge in [-0.25, -0.2) is 0 Å². The van der Waals surface area contributed by atoms with Gasteiger partial charge in [-0.2, -0.15) is 11.8 Å². The first kappa shape index (κ1) is 15.8. The van der Waals surface area contributed by atoms with Crippen molar-refractivity contribution in [3.8, 4) is 0 Å². The molecule has 1 unspecified atom stereocenters. The van der Waals surface area contributed by atoms with Gasteiger partial charge in [-0.05, 0) is 24.8 Å². The van der Waals surface area contributed by atoms with Gasteiger partial charge in [0.25, 0.3) is 11.6 Å². The number of benzene rings is 1. The summed E-state index contributed by atoms with van der Waals surface area (Å²) in [7, 11) is 0. The molecule has 7 heteroatoms. The van der Waals surface area contributed by atoms with Crippen LogP contribution in [0.15, 0.2) is 18.2 Å². The van der Waals surface area contributed by atoms with E-state index in [2.05, 4.69) is 5.32 Å². The van der Waals surface area contributed by atoms with Crippen LogP contribution < -0.4 is 5.32 Å². The standard InChI is InChI=1S/C12H15ClN2O3S/c1-3-9(7-19-2)14-12(16)8-4-5-11(15(17)18)10(13)6-8/h4-6,9H,3,7H2,1-2H3,(H,14,16). The largest absolute Gasteiger partial charge is 0.348 e. The summed E-state index contributed by atoms with van der Waals surface area (Å²) in [4.78, 5) is 22.0. The molecule has 0 saturated carbocycles. The van der Waals surface area contributed by atoms with Crippen LogP contribution in [0, 0.1) is 10.1 Å². The third-order valence-electron chi connectivity index (χ3n) is 2.60. The first-order chi connectivity index (χ1) is 8.99. The average molecular weight is 303 g/mol. The zero-order valence-electron chi connectivity index (χ0n) is 10.7. The van der Waals surface area contributed by atoms with Crippen molar-refractivity contribution < 1.29 is 9.72 Å². The number of hydrogen-bond acceptors (Lipinski definition) is 4. The average Bonchev–Trinajstić information content (AvgIpc) is 2.37. The summed E-state index contributed by atoms with van der Waals surface area (Å²) >= 11 is 7.43. The molecule has 5 nitrogen and oxygen atoms in total. The topological polar surface area (TPSA) is 72.2 Å². The lowest BCUT2D eigenvalue weighted by molar-refractivity contribution is -0.384. The Balaban J connectivity index is 2.83. The van der Waals surface area contributed by atoms with Crippen LogP contribution in [0.5, 0.6) is 0 Å². The Morgan fingerprint density at radius 3 is 2.74 bits per heavy atom. The minimum atomic E-state index is -0.577. The van der Waals surface area contributed by atoms with Crippen LogP contribution in [-0.4, -0.2) is 28.9 Å². The highest BCUT2D eigenvalue weighted by Gasteiger charge is 2.17. The second-order valence-electron chi connectivity index (χ2n) is 3.96. The number of nitrogens with zero attached hydrogens (tertiary/aromatic N) is 1. The first-order valence-corrected chi connectivity index (χ1v) is 7.50.